The number of alkyl halides is 1. The molecule has 1 aromatic carbocycles. The maximum atomic E-state index is 12.0. The average molecular weight is 351 g/mol. The summed E-state index contributed by atoms with van der Waals surface area (Å²) in [4.78, 5) is 23.9. The molecule has 5 heteroatoms. The molecule has 1 fully saturated rings. The summed E-state index contributed by atoms with van der Waals surface area (Å²) >= 11 is 3.32. The molecule has 2 rings (SSSR count). The molecule has 1 aliphatic rings. The minimum absolute atomic E-state index is 0.231. The summed E-state index contributed by atoms with van der Waals surface area (Å²) in [5.74, 6) is 5.02. The molecule has 0 aliphatic heterocycles. The Morgan fingerprint density at radius 2 is 1.81 bits per heavy atom. The fourth-order valence-corrected chi connectivity index (χ4v) is 3.27. The summed E-state index contributed by atoms with van der Waals surface area (Å²) in [5.41, 5.74) is -0.118. The number of methoxy groups -OCH3 is 2. The standard InChI is InChI=1S/C16H15BrO4/c1-20-13(18)15(11-16(15,17)14(19)21-2)10-6-9-12-7-4-3-5-8-12/h3-5,7-8H,10-11H2,1-2H3/t15-,16-/m1/s1. The van der Waals surface area contributed by atoms with E-state index in [9.17, 15) is 9.59 Å². The van der Waals surface area contributed by atoms with Crippen LogP contribution in [0.2, 0.25) is 0 Å². The van der Waals surface area contributed by atoms with Gasteiger partial charge in [0.1, 0.15) is 9.74 Å². The Morgan fingerprint density at radius 3 is 2.38 bits per heavy atom. The van der Waals surface area contributed by atoms with Gasteiger partial charge in [-0.25, -0.2) is 0 Å². The molecule has 0 aromatic heterocycles. The second kappa shape index (κ2) is 5.90. The molecule has 21 heavy (non-hydrogen) atoms. The van der Waals surface area contributed by atoms with Gasteiger partial charge >= 0.3 is 11.9 Å². The van der Waals surface area contributed by atoms with E-state index in [1.165, 1.54) is 14.2 Å². The van der Waals surface area contributed by atoms with Crippen molar-refractivity contribution in [1.82, 2.24) is 0 Å². The molecular formula is C16H15BrO4. The van der Waals surface area contributed by atoms with Crippen LogP contribution >= 0.6 is 15.9 Å². The van der Waals surface area contributed by atoms with Crippen LogP contribution in [0.3, 0.4) is 0 Å². The first kappa shape index (κ1) is 15.6. The number of esters is 2. The van der Waals surface area contributed by atoms with Crippen molar-refractivity contribution in [2.75, 3.05) is 14.2 Å². The number of carbonyl (C=O) groups excluding carboxylic acids is 2. The highest BCUT2D eigenvalue weighted by Crippen LogP contribution is 2.65. The first-order chi connectivity index (χ1) is 10.00. The van der Waals surface area contributed by atoms with Crippen LogP contribution in [0.15, 0.2) is 30.3 Å². The third-order valence-corrected chi connectivity index (χ3v) is 5.02. The highest BCUT2D eigenvalue weighted by Gasteiger charge is 2.76. The van der Waals surface area contributed by atoms with Crippen molar-refractivity contribution in [3.05, 3.63) is 35.9 Å². The van der Waals surface area contributed by atoms with Crippen molar-refractivity contribution < 1.29 is 19.1 Å². The minimum atomic E-state index is -1.03. The van der Waals surface area contributed by atoms with E-state index in [4.69, 9.17) is 9.47 Å². The van der Waals surface area contributed by atoms with Crippen molar-refractivity contribution >= 4 is 27.9 Å². The zero-order valence-electron chi connectivity index (χ0n) is 11.8. The van der Waals surface area contributed by atoms with Gasteiger partial charge in [-0.1, -0.05) is 46.0 Å². The Morgan fingerprint density at radius 1 is 1.19 bits per heavy atom. The van der Waals surface area contributed by atoms with E-state index in [0.717, 1.165) is 5.56 Å². The smallest absolute Gasteiger partial charge is 0.323 e. The molecule has 2 atom stereocenters. The monoisotopic (exact) mass is 350 g/mol. The number of halogens is 1. The van der Waals surface area contributed by atoms with Gasteiger partial charge in [0.25, 0.3) is 0 Å². The van der Waals surface area contributed by atoms with Crippen molar-refractivity contribution in [1.29, 1.82) is 0 Å². The van der Waals surface area contributed by atoms with E-state index >= 15 is 0 Å². The van der Waals surface area contributed by atoms with Gasteiger partial charge in [0.2, 0.25) is 0 Å². The van der Waals surface area contributed by atoms with Crippen LogP contribution in [0.5, 0.6) is 0 Å². The molecule has 1 saturated carbocycles. The summed E-state index contributed by atoms with van der Waals surface area (Å²) in [7, 11) is 2.60. The normalized spacial score (nSPS) is 26.2. The van der Waals surface area contributed by atoms with E-state index < -0.39 is 21.7 Å². The number of ether oxygens (including phenoxy) is 2. The molecule has 0 unspecified atom stereocenters. The quantitative estimate of drug-likeness (QED) is 0.476. The molecule has 0 radical (unpaired) electrons. The van der Waals surface area contributed by atoms with E-state index in [-0.39, 0.29) is 6.42 Å². The van der Waals surface area contributed by atoms with Gasteiger partial charge in [-0.3, -0.25) is 9.59 Å². The maximum Gasteiger partial charge on any atom is 0.323 e. The molecule has 1 aliphatic carbocycles. The van der Waals surface area contributed by atoms with Gasteiger partial charge in [0.15, 0.2) is 0 Å². The number of benzene rings is 1. The van der Waals surface area contributed by atoms with E-state index in [2.05, 4.69) is 27.8 Å². The van der Waals surface area contributed by atoms with Gasteiger partial charge in [0.05, 0.1) is 14.2 Å². The zero-order chi connectivity index (χ0) is 15.5. The number of rotatable bonds is 3. The highest BCUT2D eigenvalue weighted by molar-refractivity contribution is 9.10. The Hall–Kier alpha value is -1.80. The molecule has 1 aromatic rings. The van der Waals surface area contributed by atoms with Crippen molar-refractivity contribution in [3.63, 3.8) is 0 Å². The van der Waals surface area contributed by atoms with Crippen molar-refractivity contribution in [2.24, 2.45) is 5.41 Å². The minimum Gasteiger partial charge on any atom is -0.469 e. The number of hydrogen-bond donors (Lipinski definition) is 0. The van der Waals surface area contributed by atoms with Crippen LogP contribution in [0.4, 0.5) is 0 Å². The highest BCUT2D eigenvalue weighted by atomic mass is 79.9. The number of carbonyl (C=O) groups is 2. The second-order valence-corrected chi connectivity index (χ2v) is 6.24. The predicted molar refractivity (Wildman–Crippen MR) is 80.7 cm³/mol. The summed E-state index contributed by atoms with van der Waals surface area (Å²) in [6.45, 7) is 0. The predicted octanol–water partition coefficient (Wildman–Crippen LogP) is 2.30. The Labute approximate surface area is 131 Å². The van der Waals surface area contributed by atoms with E-state index in [1.807, 2.05) is 30.3 Å². The van der Waals surface area contributed by atoms with Crippen LogP contribution < -0.4 is 0 Å². The van der Waals surface area contributed by atoms with Gasteiger partial charge < -0.3 is 9.47 Å². The molecule has 0 bridgehead atoms. The lowest BCUT2D eigenvalue weighted by atomic mass is 9.99. The lowest BCUT2D eigenvalue weighted by Gasteiger charge is -2.15. The molecule has 0 N–H and O–H groups in total. The molecule has 0 saturated heterocycles. The lowest BCUT2D eigenvalue weighted by Crippen LogP contribution is -2.31. The zero-order valence-corrected chi connectivity index (χ0v) is 13.4. The molecule has 0 amide bonds. The third kappa shape index (κ3) is 2.68. The Bertz CT molecular complexity index is 616. The van der Waals surface area contributed by atoms with Gasteiger partial charge in [-0.2, -0.15) is 0 Å². The molecular weight excluding hydrogens is 336 g/mol. The molecule has 0 spiro atoms. The van der Waals surface area contributed by atoms with Gasteiger partial charge in [-0.05, 0) is 18.6 Å². The van der Waals surface area contributed by atoms with Gasteiger partial charge in [-0.15, -0.1) is 0 Å². The van der Waals surface area contributed by atoms with Crippen LogP contribution in [0.1, 0.15) is 18.4 Å². The third-order valence-electron chi connectivity index (χ3n) is 3.66. The van der Waals surface area contributed by atoms with Crippen LogP contribution in [0.25, 0.3) is 0 Å². The Balaban J connectivity index is 2.20. The maximum absolute atomic E-state index is 12.0. The van der Waals surface area contributed by atoms with E-state index in [0.29, 0.717) is 6.42 Å². The largest absolute Gasteiger partial charge is 0.469 e. The SMILES string of the molecule is COC(=O)[C@@]1(CC#Cc2ccccc2)C[C@@]1(Br)C(=O)OC. The number of hydrogen-bond acceptors (Lipinski definition) is 4. The first-order valence-electron chi connectivity index (χ1n) is 6.40. The lowest BCUT2D eigenvalue weighted by molar-refractivity contribution is -0.151. The van der Waals surface area contributed by atoms with E-state index in [1.54, 1.807) is 0 Å². The summed E-state index contributed by atoms with van der Waals surface area (Å²) in [6.07, 6.45) is 0.553. The summed E-state index contributed by atoms with van der Waals surface area (Å²) < 4.78 is 8.54. The topological polar surface area (TPSA) is 52.6 Å². The Kier molecular flexibility index (Phi) is 4.38. The molecule has 0 heterocycles. The van der Waals surface area contributed by atoms with Crippen molar-refractivity contribution in [3.8, 4) is 11.8 Å². The second-order valence-electron chi connectivity index (χ2n) is 4.89. The van der Waals surface area contributed by atoms with Crippen LogP contribution in [-0.2, 0) is 19.1 Å². The fourth-order valence-electron chi connectivity index (χ4n) is 2.32. The summed E-state index contributed by atoms with van der Waals surface area (Å²) in [6, 6.07) is 9.45. The van der Waals surface area contributed by atoms with Gasteiger partial charge in [0, 0.05) is 12.0 Å². The average Bonchev–Trinajstić information content (AvgIpc) is 3.14. The first-order valence-corrected chi connectivity index (χ1v) is 7.19. The molecule has 110 valence electrons. The van der Waals surface area contributed by atoms with Crippen LogP contribution in [0, 0.1) is 17.3 Å². The van der Waals surface area contributed by atoms with Crippen molar-refractivity contribution in [2.45, 2.75) is 17.2 Å². The fraction of sp³-hybridized carbons (Fsp3) is 0.375. The molecule has 4 nitrogen and oxygen atoms in total. The van der Waals surface area contributed by atoms with Crippen LogP contribution in [-0.4, -0.2) is 30.5 Å². The summed E-state index contributed by atoms with van der Waals surface area (Å²) in [5, 5.41) is 0.